The monoisotopic (exact) mass is 221 g/mol. The van der Waals surface area contributed by atoms with Gasteiger partial charge in [0, 0.05) is 19.3 Å². The Hall–Kier alpha value is -1.16. The minimum atomic E-state index is 0.249. The van der Waals surface area contributed by atoms with E-state index in [0.717, 1.165) is 25.6 Å². The second kappa shape index (κ2) is 4.78. The van der Waals surface area contributed by atoms with E-state index >= 15 is 0 Å². The molecule has 0 aromatic carbocycles. The number of nitrogens with zero attached hydrogens (tertiary/aromatic N) is 3. The number of hydrogen-bond acceptors (Lipinski definition) is 4. The minimum Gasteiger partial charge on any atom is -0.372 e. The summed E-state index contributed by atoms with van der Waals surface area (Å²) in [5.74, 6) is 0.843. The Morgan fingerprint density at radius 3 is 2.69 bits per heavy atom. The fourth-order valence-electron chi connectivity index (χ4n) is 2.05. The Kier molecular flexibility index (Phi) is 3.39. The average Bonchev–Trinajstić information content (AvgIpc) is 2.41. The third-order valence-corrected chi connectivity index (χ3v) is 2.73. The van der Waals surface area contributed by atoms with E-state index in [4.69, 9.17) is 4.74 Å². The van der Waals surface area contributed by atoms with Gasteiger partial charge >= 0.3 is 0 Å². The molecule has 2 heterocycles. The van der Waals surface area contributed by atoms with Gasteiger partial charge in [0.2, 0.25) is 5.96 Å². The predicted molar refractivity (Wildman–Crippen MR) is 66.1 cm³/mol. The molecule has 2 rings (SSSR count). The van der Waals surface area contributed by atoms with Crippen molar-refractivity contribution in [3.63, 3.8) is 0 Å². The quantitative estimate of drug-likeness (QED) is 0.621. The molecule has 0 N–H and O–H groups in total. The summed E-state index contributed by atoms with van der Waals surface area (Å²) in [5, 5.41) is 0. The van der Waals surface area contributed by atoms with E-state index < -0.39 is 0 Å². The summed E-state index contributed by atoms with van der Waals surface area (Å²) in [4.78, 5) is 11.1. The van der Waals surface area contributed by atoms with Crippen molar-refractivity contribution in [1.29, 1.82) is 0 Å². The van der Waals surface area contributed by atoms with Crippen molar-refractivity contribution in [3.8, 4) is 0 Å². The van der Waals surface area contributed by atoms with E-state index in [9.17, 15) is 0 Å². The van der Waals surface area contributed by atoms with Gasteiger partial charge in [-0.3, -0.25) is 0 Å². The third kappa shape index (κ3) is 2.70. The average molecular weight is 221 g/mol. The molecule has 0 aromatic heterocycles. The lowest BCUT2D eigenvalue weighted by atomic mass is 10.2. The molecule has 1 fully saturated rings. The predicted octanol–water partition coefficient (Wildman–Crippen LogP) is 1.48. The molecule has 16 heavy (non-hydrogen) atoms. The van der Waals surface area contributed by atoms with Crippen molar-refractivity contribution in [2.45, 2.75) is 33.0 Å². The van der Waals surface area contributed by atoms with Gasteiger partial charge in [0.15, 0.2) is 0 Å². The molecular formula is C12H19N3O. The van der Waals surface area contributed by atoms with Crippen LogP contribution in [0.1, 0.15) is 20.8 Å². The lowest BCUT2D eigenvalue weighted by Gasteiger charge is -2.35. The Balaban J connectivity index is 2.07. The fourth-order valence-corrected chi connectivity index (χ4v) is 2.05. The number of morpholine rings is 1. The molecule has 0 saturated carbocycles. The molecule has 88 valence electrons. The lowest BCUT2D eigenvalue weighted by molar-refractivity contribution is -0.0483. The van der Waals surface area contributed by atoms with Crippen molar-refractivity contribution in [2.75, 3.05) is 19.6 Å². The highest BCUT2D eigenvalue weighted by Crippen LogP contribution is 2.12. The zero-order valence-corrected chi connectivity index (χ0v) is 10.2. The van der Waals surface area contributed by atoms with Gasteiger partial charge in [-0.15, -0.1) is 0 Å². The highest BCUT2D eigenvalue weighted by atomic mass is 16.5. The summed E-state index contributed by atoms with van der Waals surface area (Å²) < 4.78 is 5.70. The summed E-state index contributed by atoms with van der Waals surface area (Å²) in [6, 6.07) is 0. The maximum atomic E-state index is 5.70. The number of ether oxygens (including phenoxy) is 1. The molecule has 2 unspecified atom stereocenters. The molecule has 0 amide bonds. The van der Waals surface area contributed by atoms with E-state index in [1.165, 1.54) is 5.57 Å². The van der Waals surface area contributed by atoms with Gasteiger partial charge in [0.05, 0.1) is 18.8 Å². The maximum Gasteiger partial charge on any atom is 0.221 e. The van der Waals surface area contributed by atoms with Gasteiger partial charge in [-0.25, -0.2) is 9.98 Å². The number of rotatable bonds is 0. The van der Waals surface area contributed by atoms with Crippen LogP contribution in [0, 0.1) is 0 Å². The SMILES string of the molecule is CC1=CCN=C(N2CC(C)OC(C)C2)N=C1. The van der Waals surface area contributed by atoms with Crippen LogP contribution in [0.25, 0.3) is 0 Å². The Labute approximate surface area is 96.7 Å². The zero-order chi connectivity index (χ0) is 11.5. The van der Waals surface area contributed by atoms with Crippen LogP contribution in [0.2, 0.25) is 0 Å². The van der Waals surface area contributed by atoms with Crippen molar-refractivity contribution in [2.24, 2.45) is 9.98 Å². The van der Waals surface area contributed by atoms with Crippen LogP contribution < -0.4 is 0 Å². The number of allylic oxidation sites excluding steroid dienone is 1. The lowest BCUT2D eigenvalue weighted by Crippen LogP contribution is -2.47. The molecule has 2 atom stereocenters. The van der Waals surface area contributed by atoms with Crippen LogP contribution in [0.15, 0.2) is 21.6 Å². The molecule has 4 nitrogen and oxygen atoms in total. The number of hydrogen-bond donors (Lipinski definition) is 0. The summed E-state index contributed by atoms with van der Waals surface area (Å²) in [6.07, 6.45) is 4.47. The molecule has 2 aliphatic rings. The number of guanidine groups is 1. The van der Waals surface area contributed by atoms with Gasteiger partial charge in [-0.1, -0.05) is 6.08 Å². The fraction of sp³-hybridized carbons (Fsp3) is 0.667. The van der Waals surface area contributed by atoms with Crippen LogP contribution in [-0.2, 0) is 4.74 Å². The summed E-state index contributed by atoms with van der Waals surface area (Å²) in [6.45, 7) is 8.70. The van der Waals surface area contributed by atoms with Crippen LogP contribution in [0.4, 0.5) is 0 Å². The molecule has 0 aromatic rings. The summed E-state index contributed by atoms with van der Waals surface area (Å²) in [5.41, 5.74) is 1.17. The first kappa shape index (κ1) is 11.3. The second-order valence-corrected chi connectivity index (χ2v) is 4.51. The van der Waals surface area contributed by atoms with E-state index in [0.29, 0.717) is 0 Å². The van der Waals surface area contributed by atoms with Crippen molar-refractivity contribution < 1.29 is 4.74 Å². The van der Waals surface area contributed by atoms with Crippen molar-refractivity contribution in [1.82, 2.24) is 4.90 Å². The van der Waals surface area contributed by atoms with E-state index in [-0.39, 0.29) is 12.2 Å². The summed E-state index contributed by atoms with van der Waals surface area (Å²) >= 11 is 0. The molecule has 0 spiro atoms. The van der Waals surface area contributed by atoms with E-state index in [2.05, 4.69) is 34.8 Å². The van der Waals surface area contributed by atoms with Gasteiger partial charge in [0.1, 0.15) is 0 Å². The molecule has 0 aliphatic carbocycles. The molecular weight excluding hydrogens is 202 g/mol. The molecule has 1 saturated heterocycles. The first-order valence-electron chi connectivity index (χ1n) is 5.81. The standard InChI is InChI=1S/C12H19N3O/c1-9-4-5-13-12(14-6-9)15-7-10(2)16-11(3)8-15/h4,6,10-11H,5,7-8H2,1-3H3. The van der Waals surface area contributed by atoms with Crippen LogP contribution >= 0.6 is 0 Å². The molecule has 2 aliphatic heterocycles. The smallest absolute Gasteiger partial charge is 0.221 e. The highest BCUT2D eigenvalue weighted by Gasteiger charge is 2.24. The minimum absolute atomic E-state index is 0.249. The first-order valence-corrected chi connectivity index (χ1v) is 5.81. The van der Waals surface area contributed by atoms with Gasteiger partial charge in [-0.05, 0) is 26.3 Å². The van der Waals surface area contributed by atoms with Gasteiger partial charge < -0.3 is 9.64 Å². The Morgan fingerprint density at radius 1 is 1.31 bits per heavy atom. The Morgan fingerprint density at radius 2 is 2.00 bits per heavy atom. The van der Waals surface area contributed by atoms with Crippen LogP contribution in [-0.4, -0.2) is 48.9 Å². The summed E-state index contributed by atoms with van der Waals surface area (Å²) in [7, 11) is 0. The molecule has 0 bridgehead atoms. The van der Waals surface area contributed by atoms with Gasteiger partial charge in [-0.2, -0.15) is 0 Å². The number of aliphatic imine (C=N–C) groups is 2. The van der Waals surface area contributed by atoms with E-state index in [1.807, 2.05) is 13.1 Å². The van der Waals surface area contributed by atoms with Crippen molar-refractivity contribution >= 4 is 12.2 Å². The van der Waals surface area contributed by atoms with Crippen molar-refractivity contribution in [3.05, 3.63) is 11.6 Å². The first-order chi connectivity index (χ1) is 7.65. The third-order valence-electron chi connectivity index (χ3n) is 2.73. The van der Waals surface area contributed by atoms with E-state index in [1.54, 1.807) is 0 Å². The van der Waals surface area contributed by atoms with Crippen LogP contribution in [0.5, 0.6) is 0 Å². The van der Waals surface area contributed by atoms with Gasteiger partial charge in [0.25, 0.3) is 0 Å². The normalized spacial score (nSPS) is 30.8. The zero-order valence-electron chi connectivity index (χ0n) is 10.2. The van der Waals surface area contributed by atoms with Crippen LogP contribution in [0.3, 0.4) is 0 Å². The molecule has 4 heteroatoms. The second-order valence-electron chi connectivity index (χ2n) is 4.51. The topological polar surface area (TPSA) is 37.2 Å². The molecule has 0 radical (unpaired) electrons. The maximum absolute atomic E-state index is 5.70. The largest absolute Gasteiger partial charge is 0.372 e. The Bertz CT molecular complexity index is 336. The highest BCUT2D eigenvalue weighted by molar-refractivity contribution is 5.94.